The minimum atomic E-state index is -3.87. The number of carbonyl (C=O) groups excluding carboxylic acids is 1. The zero-order valence-corrected chi connectivity index (χ0v) is 19.8. The van der Waals surface area contributed by atoms with Crippen LogP contribution in [0.25, 0.3) is 0 Å². The van der Waals surface area contributed by atoms with Gasteiger partial charge in [-0.1, -0.05) is 42.6 Å². The van der Waals surface area contributed by atoms with Gasteiger partial charge < -0.3 is 9.84 Å². The van der Waals surface area contributed by atoms with E-state index in [1.807, 2.05) is 13.0 Å². The summed E-state index contributed by atoms with van der Waals surface area (Å²) in [7, 11) is -3.87. The predicted octanol–water partition coefficient (Wildman–Crippen LogP) is 4.39. The Kier molecular flexibility index (Phi) is 6.25. The quantitative estimate of drug-likeness (QED) is 0.555. The summed E-state index contributed by atoms with van der Waals surface area (Å²) >= 11 is 0. The van der Waals surface area contributed by atoms with Crippen molar-refractivity contribution in [1.29, 1.82) is 0 Å². The minimum absolute atomic E-state index is 0.0212. The topological polar surface area (TPSA) is 114 Å². The molecule has 33 heavy (non-hydrogen) atoms. The zero-order chi connectivity index (χ0) is 23.6. The van der Waals surface area contributed by atoms with Gasteiger partial charge in [0.1, 0.15) is 5.54 Å². The number of hydrogen-bond acceptors (Lipinski definition) is 6. The monoisotopic (exact) mass is 468 g/mol. The molecule has 0 aliphatic heterocycles. The van der Waals surface area contributed by atoms with Crippen LogP contribution in [0.2, 0.25) is 0 Å². The molecule has 1 aliphatic rings. The highest BCUT2D eigenvalue weighted by Crippen LogP contribution is 2.36. The van der Waals surface area contributed by atoms with Crippen LogP contribution in [-0.2, 0) is 15.6 Å². The van der Waals surface area contributed by atoms with Gasteiger partial charge in [-0.05, 0) is 62.1 Å². The van der Waals surface area contributed by atoms with Gasteiger partial charge >= 0.3 is 0 Å². The molecule has 0 radical (unpaired) electrons. The van der Waals surface area contributed by atoms with Crippen molar-refractivity contribution in [2.24, 2.45) is 0 Å². The Morgan fingerprint density at radius 1 is 1.03 bits per heavy atom. The summed E-state index contributed by atoms with van der Waals surface area (Å²) in [6.45, 7) is 5.39. The number of amides is 1. The van der Waals surface area contributed by atoms with Gasteiger partial charge in [0.15, 0.2) is 5.82 Å². The van der Waals surface area contributed by atoms with E-state index in [1.165, 1.54) is 12.1 Å². The fourth-order valence-corrected chi connectivity index (χ4v) is 5.35. The SMILES string of the molecule is Cc1cccc(NS(=O)(=O)c2ccc(C)c(C(=O)NC3(c4noc(C)n4)CCCCC3)c2)c1. The van der Waals surface area contributed by atoms with Crippen molar-refractivity contribution in [1.82, 2.24) is 15.5 Å². The number of rotatable bonds is 6. The first-order valence-corrected chi connectivity index (χ1v) is 12.5. The van der Waals surface area contributed by atoms with Crippen molar-refractivity contribution in [3.8, 4) is 0 Å². The number of hydrogen-bond donors (Lipinski definition) is 2. The summed E-state index contributed by atoms with van der Waals surface area (Å²) in [5.74, 6) is 0.552. The summed E-state index contributed by atoms with van der Waals surface area (Å²) in [5, 5.41) is 7.20. The van der Waals surface area contributed by atoms with Crippen LogP contribution in [-0.4, -0.2) is 24.5 Å². The summed E-state index contributed by atoms with van der Waals surface area (Å²) in [6, 6.07) is 11.7. The van der Waals surface area contributed by atoms with E-state index in [2.05, 4.69) is 20.2 Å². The van der Waals surface area contributed by atoms with Gasteiger partial charge in [0.25, 0.3) is 15.9 Å². The lowest BCUT2D eigenvalue weighted by Crippen LogP contribution is -2.48. The molecule has 1 aromatic heterocycles. The van der Waals surface area contributed by atoms with Gasteiger partial charge in [-0.2, -0.15) is 4.98 Å². The second-order valence-electron chi connectivity index (χ2n) is 8.69. The Bertz CT molecular complexity index is 1280. The Hall–Kier alpha value is -3.20. The molecule has 2 N–H and O–H groups in total. The standard InChI is InChI=1S/C24H28N4O4S/c1-16-8-7-9-19(14-16)28-33(30,31)20-11-10-17(2)21(15-20)22(29)26-24(12-5-4-6-13-24)23-25-18(3)32-27-23/h7-11,14-15,28H,4-6,12-13H2,1-3H3,(H,26,29). The average molecular weight is 469 g/mol. The predicted molar refractivity (Wildman–Crippen MR) is 124 cm³/mol. The van der Waals surface area contributed by atoms with Crippen LogP contribution in [0.1, 0.15) is 65.3 Å². The Morgan fingerprint density at radius 3 is 2.45 bits per heavy atom. The third-order valence-corrected chi connectivity index (χ3v) is 7.43. The third-order valence-electron chi connectivity index (χ3n) is 6.05. The highest BCUT2D eigenvalue weighted by Gasteiger charge is 2.40. The molecule has 3 aromatic rings. The molecule has 4 rings (SSSR count). The maximum absolute atomic E-state index is 13.4. The lowest BCUT2D eigenvalue weighted by Gasteiger charge is -2.35. The molecule has 8 nitrogen and oxygen atoms in total. The van der Waals surface area contributed by atoms with Crippen molar-refractivity contribution in [2.45, 2.75) is 63.3 Å². The molecule has 1 aliphatic carbocycles. The third kappa shape index (κ3) is 4.93. The van der Waals surface area contributed by atoms with Crippen LogP contribution >= 0.6 is 0 Å². The Morgan fingerprint density at radius 2 is 1.79 bits per heavy atom. The van der Waals surface area contributed by atoms with Crippen LogP contribution in [0.5, 0.6) is 0 Å². The van der Waals surface area contributed by atoms with Crippen LogP contribution < -0.4 is 10.0 Å². The van der Waals surface area contributed by atoms with E-state index < -0.39 is 15.6 Å². The number of anilines is 1. The van der Waals surface area contributed by atoms with E-state index in [0.29, 0.717) is 41.4 Å². The van der Waals surface area contributed by atoms with Crippen LogP contribution in [0.3, 0.4) is 0 Å². The smallest absolute Gasteiger partial charge is 0.261 e. The molecule has 1 amide bonds. The van der Waals surface area contributed by atoms with Gasteiger partial charge in [-0.15, -0.1) is 0 Å². The summed E-state index contributed by atoms with van der Waals surface area (Å²) < 4.78 is 33.8. The van der Waals surface area contributed by atoms with Crippen molar-refractivity contribution in [3.63, 3.8) is 0 Å². The maximum Gasteiger partial charge on any atom is 0.261 e. The molecule has 174 valence electrons. The minimum Gasteiger partial charge on any atom is -0.340 e. The van der Waals surface area contributed by atoms with Gasteiger partial charge in [0, 0.05) is 18.2 Å². The number of nitrogens with one attached hydrogen (secondary N) is 2. The number of aromatic nitrogens is 2. The fraction of sp³-hybridized carbons (Fsp3) is 0.375. The number of aryl methyl sites for hydroxylation is 3. The molecular weight excluding hydrogens is 440 g/mol. The first-order valence-electron chi connectivity index (χ1n) is 11.0. The fourth-order valence-electron chi connectivity index (χ4n) is 4.27. The number of benzene rings is 2. The highest BCUT2D eigenvalue weighted by atomic mass is 32.2. The maximum atomic E-state index is 13.4. The molecule has 1 saturated carbocycles. The van der Waals surface area contributed by atoms with Crippen LogP contribution in [0.4, 0.5) is 5.69 Å². The first kappa shape index (κ1) is 23.0. The van der Waals surface area contributed by atoms with E-state index in [1.54, 1.807) is 38.1 Å². The number of carbonyl (C=O) groups is 1. The van der Waals surface area contributed by atoms with Gasteiger partial charge in [0.2, 0.25) is 5.89 Å². The summed E-state index contributed by atoms with van der Waals surface area (Å²) in [6.07, 6.45) is 4.34. The molecule has 0 bridgehead atoms. The largest absolute Gasteiger partial charge is 0.340 e. The lowest BCUT2D eigenvalue weighted by atomic mass is 9.80. The normalized spacial score (nSPS) is 15.7. The van der Waals surface area contributed by atoms with E-state index >= 15 is 0 Å². The summed E-state index contributed by atoms with van der Waals surface area (Å²) in [5.41, 5.74) is 1.65. The highest BCUT2D eigenvalue weighted by molar-refractivity contribution is 7.92. The van der Waals surface area contributed by atoms with E-state index in [-0.39, 0.29) is 10.8 Å². The Balaban J connectivity index is 1.63. The lowest BCUT2D eigenvalue weighted by molar-refractivity contribution is 0.0854. The van der Waals surface area contributed by atoms with Crippen molar-refractivity contribution in [2.75, 3.05) is 4.72 Å². The van der Waals surface area contributed by atoms with Crippen molar-refractivity contribution >= 4 is 21.6 Å². The van der Waals surface area contributed by atoms with Gasteiger partial charge in [0.05, 0.1) is 4.90 Å². The first-order chi connectivity index (χ1) is 15.7. The molecule has 0 saturated heterocycles. The molecule has 0 unspecified atom stereocenters. The molecular formula is C24H28N4O4S. The molecule has 1 heterocycles. The Labute approximate surface area is 193 Å². The van der Waals surface area contributed by atoms with E-state index in [0.717, 1.165) is 24.8 Å². The van der Waals surface area contributed by atoms with Crippen LogP contribution in [0.15, 0.2) is 51.9 Å². The zero-order valence-electron chi connectivity index (χ0n) is 19.0. The van der Waals surface area contributed by atoms with Crippen molar-refractivity contribution < 1.29 is 17.7 Å². The molecule has 1 fully saturated rings. The van der Waals surface area contributed by atoms with E-state index in [4.69, 9.17) is 4.52 Å². The second-order valence-corrected chi connectivity index (χ2v) is 10.4. The molecule has 9 heteroatoms. The van der Waals surface area contributed by atoms with Gasteiger partial charge in [-0.3, -0.25) is 9.52 Å². The summed E-state index contributed by atoms with van der Waals surface area (Å²) in [4.78, 5) is 17.8. The number of nitrogens with zero attached hydrogens (tertiary/aromatic N) is 2. The van der Waals surface area contributed by atoms with Crippen molar-refractivity contribution in [3.05, 3.63) is 70.9 Å². The van der Waals surface area contributed by atoms with E-state index in [9.17, 15) is 13.2 Å². The average Bonchev–Trinajstić information content (AvgIpc) is 3.21. The molecule has 0 spiro atoms. The van der Waals surface area contributed by atoms with Crippen LogP contribution in [0, 0.1) is 20.8 Å². The number of sulfonamides is 1. The van der Waals surface area contributed by atoms with Gasteiger partial charge in [-0.25, -0.2) is 8.42 Å². The second kappa shape index (κ2) is 8.97. The molecule has 0 atom stereocenters. The molecule has 2 aromatic carbocycles.